The maximum atomic E-state index is 4.78. The Morgan fingerprint density at radius 3 is 1.70 bits per heavy atom. The number of H-pyrrole nitrogens is 1. The first-order valence-corrected chi connectivity index (χ1v) is 9.62. The van der Waals surface area contributed by atoms with Crippen molar-refractivity contribution in [1.29, 1.82) is 0 Å². The van der Waals surface area contributed by atoms with Crippen molar-refractivity contribution >= 4 is 0 Å². The first-order valence-electron chi connectivity index (χ1n) is 9.62. The maximum absolute atomic E-state index is 4.78. The Morgan fingerprint density at radius 2 is 1.10 bits per heavy atom. The van der Waals surface area contributed by atoms with Gasteiger partial charge in [0.15, 0.2) is 0 Å². The molecule has 144 valence electrons. The van der Waals surface area contributed by atoms with E-state index in [0.29, 0.717) is 0 Å². The Labute approximate surface area is 173 Å². The van der Waals surface area contributed by atoms with E-state index < -0.39 is 0 Å². The fourth-order valence-electron chi connectivity index (χ4n) is 3.35. The maximum Gasteiger partial charge on any atom is 0.114 e. The van der Waals surface area contributed by atoms with Gasteiger partial charge in [0, 0.05) is 18.0 Å². The lowest BCUT2D eigenvalue weighted by atomic mass is 10.1. The van der Waals surface area contributed by atoms with Gasteiger partial charge >= 0.3 is 0 Å². The molecule has 0 amide bonds. The van der Waals surface area contributed by atoms with Crippen LogP contribution < -0.4 is 0 Å². The van der Waals surface area contributed by atoms with Crippen LogP contribution >= 0.6 is 0 Å². The summed E-state index contributed by atoms with van der Waals surface area (Å²) < 4.78 is 0. The molecule has 0 unspecified atom stereocenters. The SMILES string of the molecule is Cc1c(-c2cccc(-c3ccccn3)n2)n[nH]c1-c1cccc(-c2ccccn2)n1. The normalized spacial score (nSPS) is 10.8. The molecular weight excluding hydrogens is 372 g/mol. The van der Waals surface area contributed by atoms with Crippen LogP contribution in [-0.4, -0.2) is 30.1 Å². The molecule has 0 saturated carbocycles. The summed E-state index contributed by atoms with van der Waals surface area (Å²) in [6.07, 6.45) is 3.53. The van der Waals surface area contributed by atoms with Gasteiger partial charge in [-0.1, -0.05) is 24.3 Å². The lowest BCUT2D eigenvalue weighted by Gasteiger charge is -2.05. The number of hydrogen-bond acceptors (Lipinski definition) is 5. The molecule has 0 aromatic carbocycles. The van der Waals surface area contributed by atoms with Gasteiger partial charge in [0.05, 0.1) is 39.9 Å². The largest absolute Gasteiger partial charge is 0.275 e. The van der Waals surface area contributed by atoms with Gasteiger partial charge < -0.3 is 0 Å². The highest BCUT2D eigenvalue weighted by molar-refractivity contribution is 5.72. The highest BCUT2D eigenvalue weighted by Gasteiger charge is 2.16. The van der Waals surface area contributed by atoms with Crippen LogP contribution in [-0.2, 0) is 0 Å². The molecule has 30 heavy (non-hydrogen) atoms. The summed E-state index contributed by atoms with van der Waals surface area (Å²) in [4.78, 5) is 18.3. The molecule has 5 aromatic rings. The lowest BCUT2D eigenvalue weighted by Crippen LogP contribution is -1.92. The van der Waals surface area contributed by atoms with Crippen molar-refractivity contribution in [2.75, 3.05) is 0 Å². The van der Waals surface area contributed by atoms with Crippen LogP contribution in [0.3, 0.4) is 0 Å². The second-order valence-electron chi connectivity index (χ2n) is 6.82. The lowest BCUT2D eigenvalue weighted by molar-refractivity contribution is 1.08. The zero-order valence-corrected chi connectivity index (χ0v) is 16.3. The van der Waals surface area contributed by atoms with Crippen LogP contribution in [0.25, 0.3) is 45.6 Å². The monoisotopic (exact) mass is 390 g/mol. The topological polar surface area (TPSA) is 80.2 Å². The molecule has 0 aliphatic carbocycles. The summed E-state index contributed by atoms with van der Waals surface area (Å²) in [7, 11) is 0. The first-order chi connectivity index (χ1) is 14.8. The van der Waals surface area contributed by atoms with E-state index in [1.54, 1.807) is 12.4 Å². The Hall–Kier alpha value is -4.19. The second kappa shape index (κ2) is 7.67. The molecule has 0 aliphatic heterocycles. The summed E-state index contributed by atoms with van der Waals surface area (Å²) in [5.74, 6) is 0. The Bertz CT molecular complexity index is 1200. The molecule has 0 aliphatic rings. The van der Waals surface area contributed by atoms with Crippen LogP contribution in [0, 0.1) is 6.92 Å². The number of aromatic amines is 1. The van der Waals surface area contributed by atoms with Crippen LogP contribution in [0.1, 0.15) is 5.56 Å². The van der Waals surface area contributed by atoms with Crippen molar-refractivity contribution < 1.29 is 0 Å². The van der Waals surface area contributed by atoms with Gasteiger partial charge in [0.25, 0.3) is 0 Å². The number of hydrogen-bond donors (Lipinski definition) is 1. The van der Waals surface area contributed by atoms with Crippen molar-refractivity contribution in [3.05, 3.63) is 90.8 Å². The minimum atomic E-state index is 0.791. The van der Waals surface area contributed by atoms with Gasteiger partial charge in [0.1, 0.15) is 5.69 Å². The van der Waals surface area contributed by atoms with Crippen molar-refractivity contribution in [3.8, 4) is 45.6 Å². The van der Waals surface area contributed by atoms with E-state index in [1.807, 2.05) is 79.7 Å². The molecule has 0 fully saturated rings. The molecule has 0 atom stereocenters. The van der Waals surface area contributed by atoms with Gasteiger partial charge in [-0.15, -0.1) is 0 Å². The van der Waals surface area contributed by atoms with Gasteiger partial charge in [0.2, 0.25) is 0 Å². The molecule has 5 rings (SSSR count). The zero-order chi connectivity index (χ0) is 20.3. The van der Waals surface area contributed by atoms with Crippen LogP contribution in [0.4, 0.5) is 0 Å². The zero-order valence-electron chi connectivity index (χ0n) is 16.3. The van der Waals surface area contributed by atoms with Gasteiger partial charge in [-0.3, -0.25) is 15.1 Å². The third-order valence-corrected chi connectivity index (χ3v) is 4.86. The number of pyridine rings is 4. The van der Waals surface area contributed by atoms with E-state index in [4.69, 9.17) is 9.97 Å². The second-order valence-corrected chi connectivity index (χ2v) is 6.82. The molecule has 1 N–H and O–H groups in total. The third-order valence-electron chi connectivity index (χ3n) is 4.86. The first kappa shape index (κ1) is 17.9. The molecular formula is C24H18N6. The summed E-state index contributed by atoms with van der Waals surface area (Å²) in [5.41, 5.74) is 7.56. The minimum absolute atomic E-state index is 0.791. The molecule has 5 heterocycles. The van der Waals surface area contributed by atoms with E-state index in [1.165, 1.54) is 0 Å². The van der Waals surface area contributed by atoms with E-state index in [2.05, 4.69) is 20.2 Å². The Kier molecular flexibility index (Phi) is 4.57. The molecule has 6 heteroatoms. The van der Waals surface area contributed by atoms with E-state index in [0.717, 1.165) is 51.1 Å². The summed E-state index contributed by atoms with van der Waals surface area (Å²) >= 11 is 0. The number of rotatable bonds is 4. The van der Waals surface area contributed by atoms with Crippen molar-refractivity contribution in [3.63, 3.8) is 0 Å². The Balaban J connectivity index is 1.53. The third kappa shape index (κ3) is 3.35. The highest BCUT2D eigenvalue weighted by atomic mass is 15.1. The highest BCUT2D eigenvalue weighted by Crippen LogP contribution is 2.29. The molecule has 0 bridgehead atoms. The number of nitrogens with one attached hydrogen (secondary N) is 1. The fourth-order valence-corrected chi connectivity index (χ4v) is 3.35. The average Bonchev–Trinajstić information content (AvgIpc) is 3.22. The Morgan fingerprint density at radius 1 is 0.567 bits per heavy atom. The molecule has 0 radical (unpaired) electrons. The molecule has 5 aromatic heterocycles. The molecule has 6 nitrogen and oxygen atoms in total. The van der Waals surface area contributed by atoms with E-state index in [9.17, 15) is 0 Å². The smallest absolute Gasteiger partial charge is 0.114 e. The van der Waals surface area contributed by atoms with Crippen molar-refractivity contribution in [1.82, 2.24) is 30.1 Å². The average molecular weight is 390 g/mol. The fraction of sp³-hybridized carbons (Fsp3) is 0.0417. The van der Waals surface area contributed by atoms with Gasteiger partial charge in [-0.05, 0) is 55.5 Å². The predicted molar refractivity (Wildman–Crippen MR) is 116 cm³/mol. The van der Waals surface area contributed by atoms with Gasteiger partial charge in [-0.25, -0.2) is 9.97 Å². The quantitative estimate of drug-likeness (QED) is 0.469. The van der Waals surface area contributed by atoms with Crippen molar-refractivity contribution in [2.24, 2.45) is 0 Å². The summed E-state index contributed by atoms with van der Waals surface area (Å²) in [6, 6.07) is 23.4. The van der Waals surface area contributed by atoms with Crippen LogP contribution in [0.5, 0.6) is 0 Å². The van der Waals surface area contributed by atoms with Crippen molar-refractivity contribution in [2.45, 2.75) is 6.92 Å². The van der Waals surface area contributed by atoms with Crippen LogP contribution in [0.2, 0.25) is 0 Å². The van der Waals surface area contributed by atoms with Gasteiger partial charge in [-0.2, -0.15) is 5.10 Å². The standard InChI is InChI=1S/C24H18N6/c1-16-23(21-12-6-10-19(27-21)17-8-2-4-14-25-17)29-30-24(16)22-13-7-11-20(28-22)18-9-3-5-15-26-18/h2-15H,1H3,(H,29,30). The summed E-state index contributed by atoms with van der Waals surface area (Å²) in [5, 5.41) is 7.67. The van der Waals surface area contributed by atoms with E-state index >= 15 is 0 Å². The number of nitrogens with zero attached hydrogens (tertiary/aromatic N) is 5. The summed E-state index contributed by atoms with van der Waals surface area (Å²) in [6.45, 7) is 2.03. The van der Waals surface area contributed by atoms with Crippen LogP contribution in [0.15, 0.2) is 85.2 Å². The minimum Gasteiger partial charge on any atom is -0.275 e. The molecule has 0 saturated heterocycles. The van der Waals surface area contributed by atoms with E-state index in [-0.39, 0.29) is 0 Å². The predicted octanol–water partition coefficient (Wildman–Crippen LogP) is 4.97. The number of aromatic nitrogens is 6. The molecule has 0 spiro atoms.